The van der Waals surface area contributed by atoms with Crippen molar-refractivity contribution in [2.45, 2.75) is 51.6 Å². The summed E-state index contributed by atoms with van der Waals surface area (Å²) < 4.78 is 18.7. The molecule has 0 unspecified atom stereocenters. The van der Waals surface area contributed by atoms with Crippen LogP contribution in [0.25, 0.3) is 0 Å². The molecule has 174 valence electrons. The molecule has 4 rings (SSSR count). The molecule has 1 fully saturated rings. The minimum atomic E-state index is -0.400. The van der Waals surface area contributed by atoms with Crippen molar-refractivity contribution in [1.82, 2.24) is 9.91 Å². The van der Waals surface area contributed by atoms with Crippen LogP contribution in [0.2, 0.25) is 0 Å². The van der Waals surface area contributed by atoms with E-state index in [0.29, 0.717) is 26.0 Å². The fourth-order valence-corrected chi connectivity index (χ4v) is 4.69. The van der Waals surface area contributed by atoms with E-state index in [1.165, 1.54) is 12.1 Å². The molecule has 0 aromatic heterocycles. The number of benzene rings is 2. The van der Waals surface area contributed by atoms with Crippen LogP contribution in [0.1, 0.15) is 55.3 Å². The van der Waals surface area contributed by atoms with E-state index in [0.717, 1.165) is 35.2 Å². The first-order valence-corrected chi connectivity index (χ1v) is 11.6. The number of nitrogens with zero attached hydrogens (tertiary/aromatic N) is 3. The molecule has 2 aromatic rings. The van der Waals surface area contributed by atoms with Gasteiger partial charge in [-0.05, 0) is 62.1 Å². The van der Waals surface area contributed by atoms with Crippen LogP contribution in [0.5, 0.6) is 0 Å². The van der Waals surface area contributed by atoms with Gasteiger partial charge >= 0.3 is 5.97 Å². The van der Waals surface area contributed by atoms with Crippen molar-refractivity contribution in [1.29, 1.82) is 0 Å². The highest BCUT2D eigenvalue weighted by Crippen LogP contribution is 2.35. The standard InChI is InChI=1S/C26H30FN3O3/c1-3-33-26(32)23-10-6-7-15-29(23)17-25(31)30-24(21-9-5-4-8-18(21)2)16-22(28-30)19-11-13-20(27)14-12-19/h4-5,8-9,11-14,23-24H,3,6-7,10,15-17H2,1-2H3/t23-,24-/m0/s1. The van der Waals surface area contributed by atoms with Gasteiger partial charge < -0.3 is 4.74 Å². The number of hydrogen-bond acceptors (Lipinski definition) is 5. The Bertz CT molecular complexity index is 1040. The Balaban J connectivity index is 1.60. The molecule has 33 heavy (non-hydrogen) atoms. The third kappa shape index (κ3) is 5.14. The molecular weight excluding hydrogens is 421 g/mol. The Morgan fingerprint density at radius 2 is 1.88 bits per heavy atom. The first-order valence-electron chi connectivity index (χ1n) is 11.6. The molecule has 0 spiro atoms. The van der Waals surface area contributed by atoms with Crippen LogP contribution in [-0.2, 0) is 14.3 Å². The SMILES string of the molecule is CCOC(=O)[C@@H]1CCCCN1CC(=O)N1N=C(c2ccc(F)cc2)C[C@H]1c1ccccc1C. The van der Waals surface area contributed by atoms with Crippen molar-refractivity contribution in [3.05, 3.63) is 71.0 Å². The molecule has 0 aliphatic carbocycles. The number of likely N-dealkylation sites (tertiary alicyclic amines) is 1. The number of hydrazone groups is 1. The van der Waals surface area contributed by atoms with Gasteiger partial charge in [-0.1, -0.05) is 42.8 Å². The topological polar surface area (TPSA) is 62.2 Å². The van der Waals surface area contributed by atoms with E-state index in [9.17, 15) is 14.0 Å². The molecule has 2 heterocycles. The van der Waals surface area contributed by atoms with Crippen LogP contribution >= 0.6 is 0 Å². The number of aryl methyl sites for hydroxylation is 1. The predicted molar refractivity (Wildman–Crippen MR) is 124 cm³/mol. The fourth-order valence-electron chi connectivity index (χ4n) is 4.69. The first kappa shape index (κ1) is 23.1. The lowest BCUT2D eigenvalue weighted by molar-refractivity contribution is -0.152. The third-order valence-electron chi connectivity index (χ3n) is 6.40. The number of ether oxygens (including phenoxy) is 1. The number of hydrogen-bond donors (Lipinski definition) is 0. The average molecular weight is 452 g/mol. The molecule has 2 atom stereocenters. The summed E-state index contributed by atoms with van der Waals surface area (Å²) >= 11 is 0. The average Bonchev–Trinajstić information content (AvgIpc) is 3.26. The van der Waals surface area contributed by atoms with Gasteiger partial charge in [-0.25, -0.2) is 9.40 Å². The minimum absolute atomic E-state index is 0.103. The maximum atomic E-state index is 13.5. The number of amides is 1. The van der Waals surface area contributed by atoms with Gasteiger partial charge in [0.1, 0.15) is 11.9 Å². The summed E-state index contributed by atoms with van der Waals surface area (Å²) in [6, 6.07) is 13.5. The Morgan fingerprint density at radius 1 is 1.12 bits per heavy atom. The number of halogens is 1. The van der Waals surface area contributed by atoms with Crippen molar-refractivity contribution in [3.63, 3.8) is 0 Å². The second-order valence-electron chi connectivity index (χ2n) is 8.60. The van der Waals surface area contributed by atoms with E-state index in [1.807, 2.05) is 36.1 Å². The summed E-state index contributed by atoms with van der Waals surface area (Å²) in [5.41, 5.74) is 3.66. The molecule has 7 heteroatoms. The molecule has 1 saturated heterocycles. The molecule has 0 radical (unpaired) electrons. The Labute approximate surface area is 194 Å². The zero-order valence-electron chi connectivity index (χ0n) is 19.2. The molecule has 1 amide bonds. The van der Waals surface area contributed by atoms with Crippen molar-refractivity contribution in [2.24, 2.45) is 5.10 Å². The van der Waals surface area contributed by atoms with Gasteiger partial charge in [0.05, 0.1) is 24.9 Å². The molecule has 0 bridgehead atoms. The van der Waals surface area contributed by atoms with E-state index in [-0.39, 0.29) is 30.3 Å². The van der Waals surface area contributed by atoms with E-state index >= 15 is 0 Å². The lowest BCUT2D eigenvalue weighted by Crippen LogP contribution is -2.49. The van der Waals surface area contributed by atoms with Crippen LogP contribution in [0.4, 0.5) is 4.39 Å². The summed E-state index contributed by atoms with van der Waals surface area (Å²) in [6.07, 6.45) is 3.12. The number of carbonyl (C=O) groups excluding carboxylic acids is 2. The van der Waals surface area contributed by atoms with E-state index in [2.05, 4.69) is 0 Å². The number of rotatable bonds is 6. The molecular formula is C26H30FN3O3. The normalized spacial score (nSPS) is 21.1. The van der Waals surface area contributed by atoms with Gasteiger partial charge in [0.2, 0.25) is 0 Å². The lowest BCUT2D eigenvalue weighted by atomic mass is 9.95. The van der Waals surface area contributed by atoms with E-state index < -0.39 is 6.04 Å². The third-order valence-corrected chi connectivity index (χ3v) is 6.40. The summed E-state index contributed by atoms with van der Waals surface area (Å²) in [7, 11) is 0. The van der Waals surface area contributed by atoms with E-state index in [4.69, 9.17) is 9.84 Å². The molecule has 2 aliphatic rings. The van der Waals surface area contributed by atoms with Crippen molar-refractivity contribution >= 4 is 17.6 Å². The molecule has 0 N–H and O–H groups in total. The number of piperidine rings is 1. The summed E-state index contributed by atoms with van der Waals surface area (Å²) in [5.74, 6) is -0.732. The van der Waals surface area contributed by atoms with Crippen LogP contribution in [0.3, 0.4) is 0 Å². The lowest BCUT2D eigenvalue weighted by Gasteiger charge is -2.34. The molecule has 6 nitrogen and oxygen atoms in total. The highest BCUT2D eigenvalue weighted by Gasteiger charge is 2.37. The fraction of sp³-hybridized carbons (Fsp3) is 0.423. The second kappa shape index (κ2) is 10.3. The number of carbonyl (C=O) groups is 2. The Kier molecular flexibility index (Phi) is 7.18. The maximum absolute atomic E-state index is 13.5. The van der Waals surface area contributed by atoms with Gasteiger partial charge in [0.15, 0.2) is 0 Å². The highest BCUT2D eigenvalue weighted by atomic mass is 19.1. The van der Waals surface area contributed by atoms with Gasteiger partial charge in [0.25, 0.3) is 5.91 Å². The molecule has 2 aliphatic heterocycles. The van der Waals surface area contributed by atoms with Gasteiger partial charge in [-0.3, -0.25) is 14.5 Å². The second-order valence-corrected chi connectivity index (χ2v) is 8.60. The quantitative estimate of drug-likeness (QED) is 0.617. The zero-order chi connectivity index (χ0) is 23.4. The Morgan fingerprint density at radius 3 is 2.61 bits per heavy atom. The van der Waals surface area contributed by atoms with Crippen molar-refractivity contribution in [3.8, 4) is 0 Å². The molecule has 0 saturated carbocycles. The smallest absolute Gasteiger partial charge is 0.323 e. The van der Waals surface area contributed by atoms with Gasteiger partial charge in [-0.15, -0.1) is 0 Å². The molecule has 2 aromatic carbocycles. The Hall–Kier alpha value is -3.06. The van der Waals surface area contributed by atoms with Crippen LogP contribution in [-0.4, -0.2) is 53.2 Å². The van der Waals surface area contributed by atoms with E-state index in [1.54, 1.807) is 24.1 Å². The largest absolute Gasteiger partial charge is 0.465 e. The van der Waals surface area contributed by atoms with Crippen LogP contribution in [0, 0.1) is 12.7 Å². The zero-order valence-corrected chi connectivity index (χ0v) is 19.2. The summed E-state index contributed by atoms with van der Waals surface area (Å²) in [5, 5.41) is 6.25. The predicted octanol–water partition coefficient (Wildman–Crippen LogP) is 4.23. The summed E-state index contributed by atoms with van der Waals surface area (Å²) in [6.45, 7) is 4.91. The summed E-state index contributed by atoms with van der Waals surface area (Å²) in [4.78, 5) is 27.9. The van der Waals surface area contributed by atoms with Crippen molar-refractivity contribution in [2.75, 3.05) is 19.7 Å². The van der Waals surface area contributed by atoms with Crippen LogP contribution < -0.4 is 0 Å². The van der Waals surface area contributed by atoms with Gasteiger partial charge in [-0.2, -0.15) is 5.10 Å². The van der Waals surface area contributed by atoms with Crippen LogP contribution in [0.15, 0.2) is 53.6 Å². The number of esters is 1. The van der Waals surface area contributed by atoms with Crippen molar-refractivity contribution < 1.29 is 18.7 Å². The first-order chi connectivity index (χ1) is 16.0. The highest BCUT2D eigenvalue weighted by molar-refractivity contribution is 6.03. The monoisotopic (exact) mass is 451 g/mol. The maximum Gasteiger partial charge on any atom is 0.323 e. The minimum Gasteiger partial charge on any atom is -0.465 e. The van der Waals surface area contributed by atoms with Gasteiger partial charge in [0, 0.05) is 6.42 Å².